The van der Waals surface area contributed by atoms with Crippen molar-refractivity contribution in [1.82, 2.24) is 0 Å². The van der Waals surface area contributed by atoms with Crippen LogP contribution in [0.2, 0.25) is 0 Å². The van der Waals surface area contributed by atoms with Gasteiger partial charge in [-0.3, -0.25) is 0 Å². The van der Waals surface area contributed by atoms with E-state index in [4.69, 9.17) is 18.6 Å². The van der Waals surface area contributed by atoms with Crippen molar-refractivity contribution in [2.75, 3.05) is 13.4 Å². The van der Waals surface area contributed by atoms with Crippen LogP contribution in [0.4, 0.5) is 0 Å². The zero-order valence-corrected chi connectivity index (χ0v) is 13.7. The van der Waals surface area contributed by atoms with E-state index < -0.39 is 0 Å². The Balaban J connectivity index is 0.00000169. The third-order valence-corrected chi connectivity index (χ3v) is 3.65. The minimum absolute atomic E-state index is 0. The number of phenolic OH excluding ortho intramolecular Hbond substituents is 1. The highest BCUT2D eigenvalue weighted by atomic mass is 35.5. The van der Waals surface area contributed by atoms with Crippen LogP contribution in [0.5, 0.6) is 23.0 Å². The van der Waals surface area contributed by atoms with Gasteiger partial charge in [0.1, 0.15) is 5.75 Å². The molecule has 2 aromatic carbocycles. The number of fused-ring (bicyclic) bond motifs is 2. The number of hydrogen-bond acceptors (Lipinski definition) is 4. The van der Waals surface area contributed by atoms with Crippen molar-refractivity contribution >= 4 is 11.0 Å². The molecule has 1 aliphatic heterocycles. The fourth-order valence-corrected chi connectivity index (χ4v) is 2.61. The predicted octanol–water partition coefficient (Wildman–Crippen LogP) is 1.22. The van der Waals surface area contributed by atoms with Crippen LogP contribution in [0.25, 0.3) is 22.3 Å². The molecular formula is C18H15ClO5. The minimum atomic E-state index is 0. The lowest BCUT2D eigenvalue weighted by Crippen LogP contribution is -3.00. The zero-order valence-electron chi connectivity index (χ0n) is 12.9. The Morgan fingerprint density at radius 3 is 2.75 bits per heavy atom. The Kier molecular flexibility index (Phi) is 4.36. The molecule has 0 fully saturated rings. The molecule has 0 atom stereocenters. The molecule has 0 unspecified atom stereocenters. The molecule has 3 aromatic rings. The summed E-state index contributed by atoms with van der Waals surface area (Å²) in [5.41, 5.74) is 1.51. The summed E-state index contributed by atoms with van der Waals surface area (Å²) in [7, 11) is 0. The summed E-state index contributed by atoms with van der Waals surface area (Å²) in [6.07, 6.45) is 0. The summed E-state index contributed by atoms with van der Waals surface area (Å²) >= 11 is 0. The maximum absolute atomic E-state index is 9.63. The molecule has 0 saturated carbocycles. The van der Waals surface area contributed by atoms with E-state index in [9.17, 15) is 5.11 Å². The van der Waals surface area contributed by atoms with Gasteiger partial charge in [-0.2, -0.15) is 0 Å². The topological polar surface area (TPSA) is 59.2 Å². The Labute approximate surface area is 144 Å². The number of aromatic hydroxyl groups is 1. The molecule has 0 radical (unpaired) electrons. The van der Waals surface area contributed by atoms with Gasteiger partial charge in [-0.05, 0) is 31.2 Å². The van der Waals surface area contributed by atoms with E-state index in [0.717, 1.165) is 16.7 Å². The van der Waals surface area contributed by atoms with Crippen molar-refractivity contribution in [2.45, 2.75) is 6.92 Å². The maximum Gasteiger partial charge on any atom is 0.402 e. The van der Waals surface area contributed by atoms with Crippen molar-refractivity contribution in [3.8, 4) is 34.3 Å². The highest BCUT2D eigenvalue weighted by molar-refractivity contribution is 5.83. The van der Waals surface area contributed by atoms with Gasteiger partial charge in [0.25, 0.3) is 0 Å². The molecule has 0 saturated heterocycles. The van der Waals surface area contributed by atoms with Gasteiger partial charge in [0.15, 0.2) is 11.5 Å². The Morgan fingerprint density at radius 1 is 1.08 bits per heavy atom. The Morgan fingerprint density at radius 2 is 1.92 bits per heavy atom. The summed E-state index contributed by atoms with van der Waals surface area (Å²) < 4.78 is 22.5. The average molecular weight is 347 g/mol. The fourth-order valence-electron chi connectivity index (χ4n) is 2.61. The van der Waals surface area contributed by atoms with Crippen LogP contribution in [0.1, 0.15) is 6.92 Å². The largest absolute Gasteiger partial charge is 1.00 e. The van der Waals surface area contributed by atoms with Crippen LogP contribution >= 0.6 is 0 Å². The number of ether oxygens (including phenoxy) is 3. The van der Waals surface area contributed by atoms with E-state index in [1.807, 2.05) is 31.2 Å². The first-order chi connectivity index (χ1) is 11.2. The maximum atomic E-state index is 9.63. The molecule has 1 aliphatic rings. The minimum Gasteiger partial charge on any atom is -1.00 e. The summed E-state index contributed by atoms with van der Waals surface area (Å²) in [4.78, 5) is 0. The third kappa shape index (κ3) is 2.78. The van der Waals surface area contributed by atoms with E-state index >= 15 is 0 Å². The monoisotopic (exact) mass is 346 g/mol. The molecule has 0 bridgehead atoms. The van der Waals surface area contributed by atoms with Crippen molar-refractivity contribution in [2.24, 2.45) is 0 Å². The molecule has 1 aromatic heterocycles. The van der Waals surface area contributed by atoms with E-state index in [-0.39, 0.29) is 24.9 Å². The molecule has 0 aliphatic carbocycles. The van der Waals surface area contributed by atoms with Gasteiger partial charge < -0.3 is 31.7 Å². The first-order valence-corrected chi connectivity index (χ1v) is 7.37. The normalized spacial score (nSPS) is 12.0. The van der Waals surface area contributed by atoms with Crippen molar-refractivity contribution in [3.63, 3.8) is 0 Å². The summed E-state index contributed by atoms with van der Waals surface area (Å²) in [6, 6.07) is 12.5. The molecule has 5 nitrogen and oxygen atoms in total. The molecule has 4 rings (SSSR count). The molecule has 124 valence electrons. The van der Waals surface area contributed by atoms with Gasteiger partial charge >= 0.3 is 11.3 Å². The van der Waals surface area contributed by atoms with Crippen LogP contribution in [-0.4, -0.2) is 18.5 Å². The summed E-state index contributed by atoms with van der Waals surface area (Å²) in [5, 5.41) is 10.4. The number of rotatable bonds is 3. The Hall–Kier alpha value is -2.66. The molecule has 1 N–H and O–H groups in total. The second kappa shape index (κ2) is 6.45. The number of phenols is 1. The second-order valence-corrected chi connectivity index (χ2v) is 5.16. The SMILES string of the molecule is CCOc1cc2cc(O)ccc2[o+]c1-c1ccc2c(c1)OCO2.[Cl-]. The molecule has 0 amide bonds. The highest BCUT2D eigenvalue weighted by Crippen LogP contribution is 2.40. The van der Waals surface area contributed by atoms with E-state index in [0.29, 0.717) is 29.4 Å². The molecule has 6 heteroatoms. The quantitative estimate of drug-likeness (QED) is 0.723. The van der Waals surface area contributed by atoms with Crippen LogP contribution in [-0.2, 0) is 0 Å². The van der Waals surface area contributed by atoms with Crippen molar-refractivity contribution < 1.29 is 36.1 Å². The third-order valence-electron chi connectivity index (χ3n) is 3.65. The number of benzene rings is 2. The second-order valence-electron chi connectivity index (χ2n) is 5.16. The van der Waals surface area contributed by atoms with E-state index in [2.05, 4.69) is 0 Å². The molecule has 2 heterocycles. The zero-order chi connectivity index (χ0) is 15.8. The molecule has 24 heavy (non-hydrogen) atoms. The van der Waals surface area contributed by atoms with E-state index in [1.165, 1.54) is 0 Å². The van der Waals surface area contributed by atoms with Gasteiger partial charge in [-0.25, -0.2) is 4.42 Å². The van der Waals surface area contributed by atoms with Gasteiger partial charge in [-0.15, -0.1) is 0 Å². The van der Waals surface area contributed by atoms with Gasteiger partial charge in [0, 0.05) is 18.2 Å². The summed E-state index contributed by atoms with van der Waals surface area (Å²) in [5.74, 6) is 2.82. The van der Waals surface area contributed by atoms with Gasteiger partial charge in [-0.1, -0.05) is 0 Å². The van der Waals surface area contributed by atoms with Crippen molar-refractivity contribution in [1.29, 1.82) is 0 Å². The average Bonchev–Trinajstić information content (AvgIpc) is 3.02. The smallest absolute Gasteiger partial charge is 0.402 e. The standard InChI is InChI=1S/C18H14O5.ClH/c1-2-20-17-9-12-7-13(19)4-6-14(12)23-18(17)11-3-5-15-16(8-11)22-10-21-15;/h3-9H,2,10H2,1H3;1H. The van der Waals surface area contributed by atoms with Gasteiger partial charge in [0.2, 0.25) is 12.5 Å². The van der Waals surface area contributed by atoms with Crippen LogP contribution in [0.3, 0.4) is 0 Å². The van der Waals surface area contributed by atoms with Crippen LogP contribution in [0.15, 0.2) is 46.9 Å². The van der Waals surface area contributed by atoms with Crippen molar-refractivity contribution in [3.05, 3.63) is 42.5 Å². The lowest BCUT2D eigenvalue weighted by atomic mass is 10.1. The van der Waals surface area contributed by atoms with Crippen LogP contribution < -0.4 is 26.6 Å². The van der Waals surface area contributed by atoms with Crippen LogP contribution in [0, 0.1) is 0 Å². The fraction of sp³-hybridized carbons (Fsp3) is 0.167. The van der Waals surface area contributed by atoms with Gasteiger partial charge in [0.05, 0.1) is 17.6 Å². The first kappa shape index (κ1) is 16.2. The number of halogens is 1. The van der Waals surface area contributed by atoms with E-state index in [1.54, 1.807) is 18.2 Å². The highest BCUT2D eigenvalue weighted by Gasteiger charge is 2.25. The summed E-state index contributed by atoms with van der Waals surface area (Å²) in [6.45, 7) is 2.65. The number of hydrogen-bond donors (Lipinski definition) is 1. The predicted molar refractivity (Wildman–Crippen MR) is 85.0 cm³/mol. The first-order valence-electron chi connectivity index (χ1n) is 7.37. The lowest BCUT2D eigenvalue weighted by Gasteiger charge is -2.04. The lowest BCUT2D eigenvalue weighted by molar-refractivity contribution is -0.00000805. The Bertz CT molecular complexity index is 894. The molecule has 0 spiro atoms. The molecular weight excluding hydrogens is 332 g/mol.